The average molecular weight is 557 g/mol. The van der Waals surface area contributed by atoms with E-state index < -0.39 is 0 Å². The van der Waals surface area contributed by atoms with Crippen molar-refractivity contribution >= 4 is 28.2 Å². The van der Waals surface area contributed by atoms with E-state index in [0.29, 0.717) is 0 Å². The lowest BCUT2D eigenvalue weighted by Crippen LogP contribution is -2.14. The molecule has 0 heterocycles. The monoisotopic (exact) mass is 556 g/mol. The highest BCUT2D eigenvalue weighted by Crippen LogP contribution is 2.50. The van der Waals surface area contributed by atoms with Crippen molar-refractivity contribution in [3.8, 4) is 44.5 Å². The molecule has 1 aliphatic rings. The molecule has 2 nitrogen and oxygen atoms in total. The molecule has 3 N–H and O–H groups in total. The zero-order valence-corrected chi connectivity index (χ0v) is 25.2. The Bertz CT molecular complexity index is 2060. The molecule has 0 atom stereocenters. The number of hydrogen-bond acceptors (Lipinski definition) is 2. The summed E-state index contributed by atoms with van der Waals surface area (Å²) < 4.78 is 0. The third kappa shape index (κ3) is 4.33. The maximum absolute atomic E-state index is 6.22. The number of fused-ring (bicyclic) bond motifs is 4. The van der Waals surface area contributed by atoms with Crippen molar-refractivity contribution in [2.75, 3.05) is 18.1 Å². The van der Waals surface area contributed by atoms with E-state index in [1.165, 1.54) is 55.3 Å². The van der Waals surface area contributed by atoms with Crippen molar-refractivity contribution in [2.45, 2.75) is 26.2 Å². The minimum Gasteiger partial charge on any atom is -0.398 e. The van der Waals surface area contributed by atoms with Crippen LogP contribution in [0.2, 0.25) is 0 Å². The van der Waals surface area contributed by atoms with Gasteiger partial charge in [0.2, 0.25) is 0 Å². The number of hydrogen-bond donors (Lipinski definition) is 2. The van der Waals surface area contributed by atoms with Crippen LogP contribution in [0.15, 0.2) is 121 Å². The first-order valence-electron chi connectivity index (χ1n) is 15.0. The van der Waals surface area contributed by atoms with E-state index in [-0.39, 0.29) is 5.41 Å². The number of benzene rings is 6. The van der Waals surface area contributed by atoms with Crippen LogP contribution in [0.3, 0.4) is 0 Å². The molecule has 210 valence electrons. The number of anilines is 2. The molecule has 2 heteroatoms. The summed E-state index contributed by atoms with van der Waals surface area (Å²) in [6.45, 7) is 6.70. The molecular weight excluding hydrogens is 520 g/mol. The predicted molar refractivity (Wildman–Crippen MR) is 186 cm³/mol. The molecule has 0 unspecified atom stereocenters. The molecule has 7 rings (SSSR count). The smallest absolute Gasteiger partial charge is 0.0423 e. The summed E-state index contributed by atoms with van der Waals surface area (Å²) in [5, 5.41) is 5.96. The minimum atomic E-state index is -0.0267. The Labute approximate surface area is 254 Å². The largest absolute Gasteiger partial charge is 0.398 e. The van der Waals surface area contributed by atoms with E-state index in [9.17, 15) is 0 Å². The van der Waals surface area contributed by atoms with Crippen LogP contribution in [0, 0.1) is 0 Å². The van der Waals surface area contributed by atoms with Crippen molar-refractivity contribution < 1.29 is 0 Å². The summed E-state index contributed by atoms with van der Waals surface area (Å²) in [4.78, 5) is 0. The summed E-state index contributed by atoms with van der Waals surface area (Å²) in [5.74, 6) is 0. The van der Waals surface area contributed by atoms with Gasteiger partial charge in [0, 0.05) is 29.4 Å². The Morgan fingerprint density at radius 2 is 1.14 bits per heavy atom. The normalized spacial score (nSPS) is 13.3. The van der Waals surface area contributed by atoms with Gasteiger partial charge >= 0.3 is 0 Å². The van der Waals surface area contributed by atoms with Gasteiger partial charge in [0.25, 0.3) is 0 Å². The van der Waals surface area contributed by atoms with E-state index in [1.54, 1.807) is 0 Å². The average Bonchev–Trinajstić information content (AvgIpc) is 3.27. The van der Waals surface area contributed by atoms with Gasteiger partial charge < -0.3 is 11.1 Å². The second kappa shape index (κ2) is 10.3. The molecule has 0 aromatic heterocycles. The molecule has 0 saturated carbocycles. The van der Waals surface area contributed by atoms with Gasteiger partial charge in [0.05, 0.1) is 0 Å². The number of nitrogens with one attached hydrogen (secondary N) is 1. The molecule has 0 aliphatic heterocycles. The fourth-order valence-electron chi connectivity index (χ4n) is 6.91. The van der Waals surface area contributed by atoms with Crippen LogP contribution in [-0.4, -0.2) is 7.05 Å². The molecule has 0 radical (unpaired) electrons. The first-order chi connectivity index (χ1) is 20.9. The maximum Gasteiger partial charge on any atom is 0.0423 e. The van der Waals surface area contributed by atoms with Crippen molar-refractivity contribution in [3.05, 3.63) is 138 Å². The van der Waals surface area contributed by atoms with Crippen molar-refractivity contribution in [1.29, 1.82) is 0 Å². The van der Waals surface area contributed by atoms with Gasteiger partial charge in [-0.1, -0.05) is 117 Å². The van der Waals surface area contributed by atoms with Gasteiger partial charge in [-0.25, -0.2) is 0 Å². The van der Waals surface area contributed by atoms with Crippen molar-refractivity contribution in [2.24, 2.45) is 0 Å². The van der Waals surface area contributed by atoms with Crippen LogP contribution in [-0.2, 0) is 5.41 Å². The van der Waals surface area contributed by atoms with E-state index in [1.807, 2.05) is 26.1 Å². The summed E-state index contributed by atoms with van der Waals surface area (Å²) >= 11 is 0. The molecule has 0 saturated heterocycles. The third-order valence-corrected chi connectivity index (χ3v) is 9.16. The van der Waals surface area contributed by atoms with Crippen molar-refractivity contribution in [3.63, 3.8) is 0 Å². The molecule has 6 aromatic rings. The summed E-state index contributed by atoms with van der Waals surface area (Å²) in [5.41, 5.74) is 21.8. The molecule has 6 aromatic carbocycles. The fourth-order valence-corrected chi connectivity index (χ4v) is 6.91. The minimum absolute atomic E-state index is 0.0267. The Kier molecular flexibility index (Phi) is 6.43. The van der Waals surface area contributed by atoms with Crippen LogP contribution >= 0.6 is 0 Å². The SMILES string of the molecule is C/C=C\c1cc(-c2ccc(-c3ccc(-c4ccc5c(c4)C(C)(C)c4ccccc4-5)c4ccccc34)cc2NC)ccc1N. The third-order valence-electron chi connectivity index (χ3n) is 9.16. The number of nitrogen functional groups attached to an aromatic ring is 1. The van der Waals surface area contributed by atoms with E-state index in [0.717, 1.165) is 28.1 Å². The number of nitrogens with two attached hydrogens (primary N) is 1. The van der Waals surface area contributed by atoms with Gasteiger partial charge in [-0.05, 0) is 97.6 Å². The standard InChI is InChI=1S/C41H36N2/c1-5-10-29-23-26(17-22-39(29)42)32-18-15-28(25-40(32)43-4)31-21-20-30(33-11-6-7-12-34(31)33)27-16-19-36-35-13-8-9-14-37(35)41(2,3)38(36)24-27/h5-25,43H,42H2,1-4H3/b10-5-. The van der Waals surface area contributed by atoms with Crippen LogP contribution < -0.4 is 11.1 Å². The van der Waals surface area contributed by atoms with Gasteiger partial charge in [-0.3, -0.25) is 0 Å². The zero-order chi connectivity index (χ0) is 29.7. The lowest BCUT2D eigenvalue weighted by molar-refractivity contribution is 0.660. The molecule has 43 heavy (non-hydrogen) atoms. The van der Waals surface area contributed by atoms with Crippen molar-refractivity contribution in [1.82, 2.24) is 0 Å². The summed E-state index contributed by atoms with van der Waals surface area (Å²) in [7, 11) is 1.99. The zero-order valence-electron chi connectivity index (χ0n) is 25.2. The molecule has 0 spiro atoms. The van der Waals surface area contributed by atoms with Gasteiger partial charge in [-0.2, -0.15) is 0 Å². The number of rotatable bonds is 5. The Balaban J connectivity index is 1.33. The summed E-state index contributed by atoms with van der Waals surface area (Å²) in [6, 6.07) is 42.2. The molecule has 0 bridgehead atoms. The Morgan fingerprint density at radius 1 is 0.581 bits per heavy atom. The quantitative estimate of drug-likeness (QED) is 0.207. The van der Waals surface area contributed by atoms with Crippen LogP contribution in [0.1, 0.15) is 37.5 Å². The first-order valence-corrected chi connectivity index (χ1v) is 15.0. The van der Waals surface area contributed by atoms with E-state index >= 15 is 0 Å². The molecule has 0 fully saturated rings. The van der Waals surface area contributed by atoms with Crippen LogP contribution in [0.4, 0.5) is 11.4 Å². The second-order valence-corrected chi connectivity index (χ2v) is 12.0. The molecule has 0 amide bonds. The van der Waals surface area contributed by atoms with Gasteiger partial charge in [0.15, 0.2) is 0 Å². The van der Waals surface area contributed by atoms with Gasteiger partial charge in [-0.15, -0.1) is 0 Å². The van der Waals surface area contributed by atoms with E-state index in [2.05, 4.69) is 134 Å². The van der Waals surface area contributed by atoms with E-state index in [4.69, 9.17) is 5.73 Å². The van der Waals surface area contributed by atoms with Crippen LogP contribution in [0.5, 0.6) is 0 Å². The van der Waals surface area contributed by atoms with Gasteiger partial charge in [0.1, 0.15) is 0 Å². The lowest BCUT2D eigenvalue weighted by Gasteiger charge is -2.22. The predicted octanol–water partition coefficient (Wildman–Crippen LogP) is 10.8. The fraction of sp³-hybridized carbons (Fsp3) is 0.122. The first kappa shape index (κ1) is 26.8. The Morgan fingerprint density at radius 3 is 1.84 bits per heavy atom. The summed E-state index contributed by atoms with van der Waals surface area (Å²) in [6.07, 6.45) is 4.08. The second-order valence-electron chi connectivity index (χ2n) is 12.0. The topological polar surface area (TPSA) is 38.0 Å². The highest BCUT2D eigenvalue weighted by Gasteiger charge is 2.35. The van der Waals surface area contributed by atoms with Crippen LogP contribution in [0.25, 0.3) is 61.4 Å². The molecular formula is C41H36N2. The maximum atomic E-state index is 6.22. The molecule has 1 aliphatic carbocycles. The number of allylic oxidation sites excluding steroid dienone is 1. The Hall–Kier alpha value is -5.08. The lowest BCUT2D eigenvalue weighted by atomic mass is 9.81. The highest BCUT2D eigenvalue weighted by atomic mass is 14.8. The highest BCUT2D eigenvalue weighted by molar-refractivity contribution is 6.06.